The average molecular weight is 343 g/mol. The van der Waals surface area contributed by atoms with Crippen LogP contribution < -0.4 is 5.32 Å². The smallest absolute Gasteiger partial charge is 0.253 e. The van der Waals surface area contributed by atoms with Crippen molar-refractivity contribution in [2.24, 2.45) is 0 Å². The monoisotopic (exact) mass is 341 g/mol. The highest BCUT2D eigenvalue weighted by Gasteiger charge is 2.14. The van der Waals surface area contributed by atoms with Crippen LogP contribution in [-0.4, -0.2) is 18.2 Å². The fourth-order valence-electron chi connectivity index (χ4n) is 1.67. The minimum absolute atomic E-state index is 0.136. The molecule has 0 aliphatic rings. The van der Waals surface area contributed by atoms with Crippen molar-refractivity contribution in [2.75, 3.05) is 6.54 Å². The summed E-state index contributed by atoms with van der Waals surface area (Å²) >= 11 is 17.5. The van der Waals surface area contributed by atoms with Crippen molar-refractivity contribution in [3.63, 3.8) is 0 Å². The lowest BCUT2D eigenvalue weighted by Gasteiger charge is -2.07. The van der Waals surface area contributed by atoms with E-state index in [0.717, 1.165) is 0 Å². The molecule has 3 nitrogen and oxygen atoms in total. The Hall–Kier alpha value is -1.55. The number of Topliss-reactive ketones (excluding diaryl/α,β-unsaturated/α-hetero) is 1. The summed E-state index contributed by atoms with van der Waals surface area (Å²) in [6.07, 6.45) is 0. The van der Waals surface area contributed by atoms with Crippen molar-refractivity contribution >= 4 is 46.5 Å². The Kier molecular flexibility index (Phi) is 5.23. The third-order valence-corrected chi connectivity index (χ3v) is 3.84. The highest BCUT2D eigenvalue weighted by molar-refractivity contribution is 6.43. The average Bonchev–Trinajstić information content (AvgIpc) is 2.48. The first-order valence-electron chi connectivity index (χ1n) is 6.00. The van der Waals surface area contributed by atoms with Crippen LogP contribution in [0.3, 0.4) is 0 Å². The first kappa shape index (κ1) is 15.8. The number of hydrogen-bond acceptors (Lipinski definition) is 2. The molecule has 108 valence electrons. The number of hydrogen-bond donors (Lipinski definition) is 1. The molecule has 21 heavy (non-hydrogen) atoms. The second-order valence-electron chi connectivity index (χ2n) is 4.21. The third kappa shape index (κ3) is 3.97. The lowest BCUT2D eigenvalue weighted by Crippen LogP contribution is -2.29. The Bertz CT molecular complexity index is 684. The van der Waals surface area contributed by atoms with Gasteiger partial charge in [-0.05, 0) is 36.4 Å². The van der Waals surface area contributed by atoms with Gasteiger partial charge in [0.2, 0.25) is 0 Å². The Morgan fingerprint density at radius 2 is 1.62 bits per heavy atom. The summed E-state index contributed by atoms with van der Waals surface area (Å²) in [6.45, 7) is -0.136. The summed E-state index contributed by atoms with van der Waals surface area (Å²) in [4.78, 5) is 23.9. The lowest BCUT2D eigenvalue weighted by atomic mass is 10.1. The molecule has 1 N–H and O–H groups in total. The molecule has 0 atom stereocenters. The number of nitrogens with one attached hydrogen (secondary N) is 1. The summed E-state index contributed by atoms with van der Waals surface area (Å²) in [5.74, 6) is -0.678. The van der Waals surface area contributed by atoms with Gasteiger partial charge in [0.1, 0.15) is 0 Å². The molecule has 2 aromatic rings. The summed E-state index contributed by atoms with van der Waals surface area (Å²) in [6, 6.07) is 11.2. The summed E-state index contributed by atoms with van der Waals surface area (Å²) in [5, 5.41) is 3.51. The van der Waals surface area contributed by atoms with Crippen molar-refractivity contribution in [1.82, 2.24) is 5.32 Å². The van der Waals surface area contributed by atoms with Crippen LogP contribution in [0.5, 0.6) is 0 Å². The minimum Gasteiger partial charge on any atom is -0.345 e. The topological polar surface area (TPSA) is 46.2 Å². The van der Waals surface area contributed by atoms with Crippen LogP contribution >= 0.6 is 34.8 Å². The van der Waals surface area contributed by atoms with Crippen LogP contribution in [0.2, 0.25) is 15.1 Å². The second kappa shape index (κ2) is 6.94. The predicted molar refractivity (Wildman–Crippen MR) is 84.6 cm³/mol. The molecule has 0 fully saturated rings. The first-order chi connectivity index (χ1) is 9.99. The number of benzene rings is 2. The molecule has 0 aliphatic carbocycles. The number of rotatable bonds is 4. The van der Waals surface area contributed by atoms with E-state index in [9.17, 15) is 9.59 Å². The Morgan fingerprint density at radius 1 is 0.952 bits per heavy atom. The molecule has 0 unspecified atom stereocenters. The van der Waals surface area contributed by atoms with Gasteiger partial charge in [-0.15, -0.1) is 0 Å². The maximum absolute atomic E-state index is 12.0. The fraction of sp³-hybridized carbons (Fsp3) is 0.0667. The van der Waals surface area contributed by atoms with Crippen LogP contribution in [0.25, 0.3) is 0 Å². The van der Waals surface area contributed by atoms with Crippen molar-refractivity contribution in [1.29, 1.82) is 0 Å². The predicted octanol–water partition coefficient (Wildman–Crippen LogP) is 4.26. The zero-order valence-corrected chi connectivity index (χ0v) is 13.0. The van der Waals surface area contributed by atoms with E-state index in [1.54, 1.807) is 36.4 Å². The third-order valence-electron chi connectivity index (χ3n) is 2.77. The molecule has 0 aliphatic heterocycles. The van der Waals surface area contributed by atoms with E-state index in [0.29, 0.717) is 10.6 Å². The van der Waals surface area contributed by atoms with Crippen LogP contribution in [-0.2, 0) is 0 Å². The molecular weight excluding hydrogens is 333 g/mol. The maximum atomic E-state index is 12.0. The van der Waals surface area contributed by atoms with Gasteiger partial charge in [-0.25, -0.2) is 0 Å². The molecular formula is C15H10Cl3NO2. The SMILES string of the molecule is O=C(CNC(=O)c1cccc(Cl)c1Cl)c1ccc(Cl)cc1. The number of carbonyl (C=O) groups excluding carboxylic acids is 2. The van der Waals surface area contributed by atoms with Gasteiger partial charge in [-0.2, -0.15) is 0 Å². The van der Waals surface area contributed by atoms with Gasteiger partial charge in [0.15, 0.2) is 5.78 Å². The number of halogens is 3. The second-order valence-corrected chi connectivity index (χ2v) is 5.44. The minimum atomic E-state index is -0.454. The van der Waals surface area contributed by atoms with Gasteiger partial charge in [0, 0.05) is 10.6 Å². The van der Waals surface area contributed by atoms with Gasteiger partial charge in [-0.3, -0.25) is 9.59 Å². The van der Waals surface area contributed by atoms with Gasteiger partial charge in [0.05, 0.1) is 22.2 Å². The molecule has 0 spiro atoms. The molecule has 0 heterocycles. The normalized spacial score (nSPS) is 10.2. The highest BCUT2D eigenvalue weighted by Crippen LogP contribution is 2.25. The van der Waals surface area contributed by atoms with Gasteiger partial charge in [0.25, 0.3) is 5.91 Å². The van der Waals surface area contributed by atoms with Crippen LogP contribution in [0.15, 0.2) is 42.5 Å². The van der Waals surface area contributed by atoms with E-state index >= 15 is 0 Å². The number of amides is 1. The number of carbonyl (C=O) groups is 2. The molecule has 2 aromatic carbocycles. The van der Waals surface area contributed by atoms with Gasteiger partial charge in [-0.1, -0.05) is 40.9 Å². The molecule has 0 bridgehead atoms. The van der Waals surface area contributed by atoms with E-state index in [2.05, 4.69) is 5.32 Å². The zero-order valence-electron chi connectivity index (χ0n) is 10.7. The van der Waals surface area contributed by atoms with Gasteiger partial charge >= 0.3 is 0 Å². The van der Waals surface area contributed by atoms with Crippen molar-refractivity contribution in [2.45, 2.75) is 0 Å². The maximum Gasteiger partial charge on any atom is 0.253 e. The van der Waals surface area contributed by atoms with Crippen molar-refractivity contribution in [3.05, 3.63) is 68.7 Å². The summed E-state index contributed by atoms with van der Waals surface area (Å²) < 4.78 is 0. The highest BCUT2D eigenvalue weighted by atomic mass is 35.5. The molecule has 0 saturated carbocycles. The first-order valence-corrected chi connectivity index (χ1v) is 7.13. The Balaban J connectivity index is 2.02. The van der Waals surface area contributed by atoms with Crippen LogP contribution in [0.1, 0.15) is 20.7 Å². The zero-order chi connectivity index (χ0) is 15.4. The van der Waals surface area contributed by atoms with Gasteiger partial charge < -0.3 is 5.32 Å². The van der Waals surface area contributed by atoms with Crippen LogP contribution in [0, 0.1) is 0 Å². The largest absolute Gasteiger partial charge is 0.345 e. The van der Waals surface area contributed by atoms with Crippen molar-refractivity contribution < 1.29 is 9.59 Å². The van der Waals surface area contributed by atoms with E-state index in [-0.39, 0.29) is 27.9 Å². The summed E-state index contributed by atoms with van der Waals surface area (Å²) in [7, 11) is 0. The Labute approximate surface area is 136 Å². The quantitative estimate of drug-likeness (QED) is 0.844. The molecule has 1 amide bonds. The molecule has 0 radical (unpaired) electrons. The molecule has 2 rings (SSSR count). The van der Waals surface area contributed by atoms with Crippen molar-refractivity contribution in [3.8, 4) is 0 Å². The fourth-order valence-corrected chi connectivity index (χ4v) is 2.19. The van der Waals surface area contributed by atoms with E-state index in [1.807, 2.05) is 0 Å². The lowest BCUT2D eigenvalue weighted by molar-refractivity contribution is 0.0904. The standard InChI is InChI=1S/C15H10Cl3NO2/c16-10-6-4-9(5-7-10)13(20)8-19-15(21)11-2-1-3-12(17)14(11)18/h1-7H,8H2,(H,19,21). The molecule has 6 heteroatoms. The number of ketones is 1. The van der Waals surface area contributed by atoms with E-state index in [4.69, 9.17) is 34.8 Å². The Morgan fingerprint density at radius 3 is 2.29 bits per heavy atom. The molecule has 0 aromatic heterocycles. The molecule has 0 saturated heterocycles. The van der Waals surface area contributed by atoms with Crippen LogP contribution in [0.4, 0.5) is 0 Å². The summed E-state index contributed by atoms with van der Waals surface area (Å²) in [5.41, 5.74) is 0.699. The van der Waals surface area contributed by atoms with E-state index < -0.39 is 5.91 Å². The van der Waals surface area contributed by atoms with E-state index in [1.165, 1.54) is 6.07 Å².